The number of rotatable bonds is 3. The summed E-state index contributed by atoms with van der Waals surface area (Å²) in [6.45, 7) is -1.12. The van der Waals surface area contributed by atoms with Crippen molar-refractivity contribution in [1.29, 1.82) is 0 Å². The lowest BCUT2D eigenvalue weighted by Gasteiger charge is -2.31. The second kappa shape index (κ2) is 4.83. The number of hydrogen-bond acceptors (Lipinski definition) is 6. The van der Waals surface area contributed by atoms with Gasteiger partial charge in [0.1, 0.15) is 29.7 Å². The summed E-state index contributed by atoms with van der Waals surface area (Å²) in [6.07, 6.45) is -3.78. The molecule has 18 heavy (non-hydrogen) atoms. The van der Waals surface area contributed by atoms with Gasteiger partial charge >= 0.3 is 0 Å². The quantitative estimate of drug-likeness (QED) is 0.459. The second-order valence-electron chi connectivity index (χ2n) is 4.34. The number of benzene rings is 1. The largest absolute Gasteiger partial charge is 0.508 e. The van der Waals surface area contributed by atoms with Gasteiger partial charge in [0.25, 0.3) is 0 Å². The molecule has 0 radical (unpaired) electrons. The normalized spacial score (nSPS) is 35.9. The molecule has 1 saturated heterocycles. The molecular weight excluding hydrogens is 240 g/mol. The Labute approximate surface area is 104 Å². The van der Waals surface area contributed by atoms with Gasteiger partial charge in [-0.25, -0.2) is 0 Å². The Bertz CT molecular complexity index is 423. The molecule has 1 fully saturated rings. The number of phenolic OH excluding ortho intramolecular Hbond substituents is 1. The average molecular weight is 256 g/mol. The maximum absolute atomic E-state index is 10.0. The first-order valence-corrected chi connectivity index (χ1v) is 5.61. The monoisotopic (exact) mass is 256 g/mol. The molecule has 4 unspecified atom stereocenters. The first kappa shape index (κ1) is 13.3. The van der Waals surface area contributed by atoms with E-state index in [0.717, 1.165) is 0 Å². The molecule has 0 bridgehead atoms. The molecule has 6 heteroatoms. The molecule has 2 rings (SSSR count). The number of aliphatic hydroxyl groups excluding tert-OH is 4. The summed E-state index contributed by atoms with van der Waals surface area (Å²) in [5.74, 6) is -0.156. The summed E-state index contributed by atoms with van der Waals surface area (Å²) in [7, 11) is 0. The molecule has 0 aromatic heterocycles. The first-order valence-electron chi connectivity index (χ1n) is 5.61. The Kier molecular flexibility index (Phi) is 3.56. The van der Waals surface area contributed by atoms with Gasteiger partial charge in [-0.3, -0.25) is 0 Å². The molecule has 0 saturated carbocycles. The third kappa shape index (κ3) is 1.79. The molecule has 6 nitrogen and oxygen atoms in total. The van der Waals surface area contributed by atoms with Crippen LogP contribution in [-0.4, -0.2) is 57.1 Å². The predicted octanol–water partition coefficient (Wildman–Crippen LogP) is -1.31. The highest BCUT2D eigenvalue weighted by Crippen LogP contribution is 2.42. The van der Waals surface area contributed by atoms with Crippen LogP contribution in [0.5, 0.6) is 5.75 Å². The Morgan fingerprint density at radius 3 is 2.33 bits per heavy atom. The lowest BCUT2D eigenvalue weighted by atomic mass is 9.87. The SMILES string of the molecule is OCC1OC(CO)(c2ccccc2O)C(O)C1O. The van der Waals surface area contributed by atoms with Crippen molar-refractivity contribution in [3.8, 4) is 5.75 Å². The van der Waals surface area contributed by atoms with Crippen LogP contribution in [0.1, 0.15) is 5.56 Å². The minimum Gasteiger partial charge on any atom is -0.508 e. The molecule has 0 amide bonds. The molecule has 1 aromatic rings. The van der Waals surface area contributed by atoms with E-state index in [1.54, 1.807) is 12.1 Å². The zero-order valence-corrected chi connectivity index (χ0v) is 9.60. The van der Waals surface area contributed by atoms with E-state index in [1.165, 1.54) is 12.1 Å². The van der Waals surface area contributed by atoms with E-state index in [9.17, 15) is 20.4 Å². The fourth-order valence-electron chi connectivity index (χ4n) is 2.30. The van der Waals surface area contributed by atoms with Gasteiger partial charge in [-0.2, -0.15) is 0 Å². The summed E-state index contributed by atoms with van der Waals surface area (Å²) >= 11 is 0. The van der Waals surface area contributed by atoms with E-state index in [1.807, 2.05) is 0 Å². The van der Waals surface area contributed by atoms with Gasteiger partial charge in [-0.15, -0.1) is 0 Å². The van der Waals surface area contributed by atoms with Crippen LogP contribution in [0.15, 0.2) is 24.3 Å². The minimum atomic E-state index is -1.63. The summed E-state index contributed by atoms with van der Waals surface area (Å²) in [6, 6.07) is 6.08. The molecule has 0 spiro atoms. The van der Waals surface area contributed by atoms with Gasteiger partial charge in [0, 0.05) is 5.56 Å². The predicted molar refractivity (Wildman–Crippen MR) is 60.8 cm³/mol. The average Bonchev–Trinajstić information content (AvgIpc) is 2.64. The molecule has 4 atom stereocenters. The Morgan fingerprint density at radius 1 is 1.17 bits per heavy atom. The van der Waals surface area contributed by atoms with Crippen LogP contribution >= 0.6 is 0 Å². The highest BCUT2D eigenvalue weighted by Gasteiger charge is 2.55. The van der Waals surface area contributed by atoms with Gasteiger partial charge in [0.15, 0.2) is 0 Å². The van der Waals surface area contributed by atoms with Gasteiger partial charge in [-0.1, -0.05) is 18.2 Å². The molecule has 0 aliphatic carbocycles. The standard InChI is InChI=1S/C12H16O6/c13-5-9-10(16)11(17)12(6-14,18-9)7-3-1-2-4-8(7)15/h1-4,9-11,13-17H,5-6H2. The zero-order chi connectivity index (χ0) is 13.3. The van der Waals surface area contributed by atoms with E-state index in [2.05, 4.69) is 0 Å². The van der Waals surface area contributed by atoms with Crippen LogP contribution < -0.4 is 0 Å². The highest BCUT2D eigenvalue weighted by atomic mass is 16.6. The van der Waals surface area contributed by atoms with Crippen molar-refractivity contribution < 1.29 is 30.3 Å². The van der Waals surface area contributed by atoms with Crippen molar-refractivity contribution in [2.75, 3.05) is 13.2 Å². The van der Waals surface area contributed by atoms with Crippen molar-refractivity contribution in [2.24, 2.45) is 0 Å². The van der Waals surface area contributed by atoms with E-state index in [4.69, 9.17) is 9.84 Å². The Morgan fingerprint density at radius 2 is 1.83 bits per heavy atom. The number of ether oxygens (including phenoxy) is 1. The van der Waals surface area contributed by atoms with Gasteiger partial charge < -0.3 is 30.3 Å². The maximum atomic E-state index is 10.0. The smallest absolute Gasteiger partial charge is 0.149 e. The molecule has 1 aliphatic heterocycles. The highest BCUT2D eigenvalue weighted by molar-refractivity contribution is 5.39. The van der Waals surface area contributed by atoms with Crippen LogP contribution in [0.3, 0.4) is 0 Å². The fourth-order valence-corrected chi connectivity index (χ4v) is 2.30. The number of phenols is 1. The van der Waals surface area contributed by atoms with Crippen molar-refractivity contribution in [3.05, 3.63) is 29.8 Å². The minimum absolute atomic E-state index is 0.156. The summed E-state index contributed by atoms with van der Waals surface area (Å²) < 4.78 is 5.38. The number of aromatic hydroxyl groups is 1. The number of aliphatic hydroxyl groups is 4. The van der Waals surface area contributed by atoms with Crippen molar-refractivity contribution >= 4 is 0 Å². The molecular formula is C12H16O6. The lowest BCUT2D eigenvalue weighted by molar-refractivity contribution is -0.125. The number of hydrogen-bond donors (Lipinski definition) is 5. The number of para-hydroxylation sites is 1. The second-order valence-corrected chi connectivity index (χ2v) is 4.34. The van der Waals surface area contributed by atoms with Crippen LogP contribution in [0.25, 0.3) is 0 Å². The van der Waals surface area contributed by atoms with Crippen LogP contribution in [-0.2, 0) is 10.3 Å². The van der Waals surface area contributed by atoms with Gasteiger partial charge in [0.05, 0.1) is 13.2 Å². The van der Waals surface area contributed by atoms with Gasteiger partial charge in [0.2, 0.25) is 0 Å². The Balaban J connectivity index is 2.47. The van der Waals surface area contributed by atoms with Crippen LogP contribution in [0.4, 0.5) is 0 Å². The van der Waals surface area contributed by atoms with E-state index in [-0.39, 0.29) is 11.3 Å². The molecule has 1 heterocycles. The van der Waals surface area contributed by atoms with Crippen LogP contribution in [0, 0.1) is 0 Å². The third-order valence-electron chi connectivity index (χ3n) is 3.32. The lowest BCUT2D eigenvalue weighted by Crippen LogP contribution is -2.43. The molecule has 5 N–H and O–H groups in total. The molecule has 100 valence electrons. The van der Waals surface area contributed by atoms with Gasteiger partial charge in [-0.05, 0) is 6.07 Å². The molecule has 1 aromatic carbocycles. The van der Waals surface area contributed by atoms with Crippen molar-refractivity contribution in [2.45, 2.75) is 23.9 Å². The maximum Gasteiger partial charge on any atom is 0.149 e. The zero-order valence-electron chi connectivity index (χ0n) is 9.60. The van der Waals surface area contributed by atoms with E-state index >= 15 is 0 Å². The topological polar surface area (TPSA) is 110 Å². The third-order valence-corrected chi connectivity index (χ3v) is 3.32. The molecule has 1 aliphatic rings. The van der Waals surface area contributed by atoms with E-state index in [0.29, 0.717) is 0 Å². The summed E-state index contributed by atoms with van der Waals surface area (Å²) in [5, 5.41) is 48.1. The first-order chi connectivity index (χ1) is 8.56. The summed E-state index contributed by atoms with van der Waals surface area (Å²) in [5.41, 5.74) is -1.45. The van der Waals surface area contributed by atoms with Crippen LogP contribution in [0.2, 0.25) is 0 Å². The van der Waals surface area contributed by atoms with Crippen molar-refractivity contribution in [1.82, 2.24) is 0 Å². The van der Waals surface area contributed by atoms with E-state index < -0.39 is 37.1 Å². The fraction of sp³-hybridized carbons (Fsp3) is 0.500. The van der Waals surface area contributed by atoms with Crippen molar-refractivity contribution in [3.63, 3.8) is 0 Å². The Hall–Kier alpha value is -1.18. The summed E-state index contributed by atoms with van der Waals surface area (Å²) in [4.78, 5) is 0.